The maximum absolute atomic E-state index is 11.5. The molecule has 1 aliphatic rings. The Bertz CT molecular complexity index is 604. The first-order chi connectivity index (χ1) is 9.25. The van der Waals surface area contributed by atoms with Crippen molar-refractivity contribution >= 4 is 16.8 Å². The van der Waals surface area contributed by atoms with E-state index in [4.69, 9.17) is 11.6 Å². The lowest BCUT2D eigenvalue weighted by Crippen LogP contribution is -2.10. The van der Waals surface area contributed by atoms with Gasteiger partial charge in [0, 0.05) is 11.3 Å². The molecule has 0 spiro atoms. The van der Waals surface area contributed by atoms with E-state index in [1.807, 2.05) is 22.9 Å². The Balaban J connectivity index is 1.99. The maximum Gasteiger partial charge on any atom is 0.273 e. The summed E-state index contributed by atoms with van der Waals surface area (Å²) in [5, 5.41) is 3.98. The zero-order valence-electron chi connectivity index (χ0n) is 10.6. The highest BCUT2D eigenvalue weighted by Gasteiger charge is 2.23. The highest BCUT2D eigenvalue weighted by atomic mass is 35.5. The molecule has 3 nitrogen and oxygen atoms in total. The Hall–Kier alpha value is -1.61. The van der Waals surface area contributed by atoms with Crippen LogP contribution in [0.5, 0.6) is 0 Å². The van der Waals surface area contributed by atoms with Crippen molar-refractivity contribution in [1.82, 2.24) is 9.78 Å². The molecule has 4 heteroatoms. The van der Waals surface area contributed by atoms with Gasteiger partial charge in [0.1, 0.15) is 5.69 Å². The second-order valence-electron chi connectivity index (χ2n) is 4.90. The van der Waals surface area contributed by atoms with Crippen LogP contribution in [0.3, 0.4) is 0 Å². The van der Waals surface area contributed by atoms with Crippen LogP contribution in [0.4, 0.5) is 0 Å². The van der Waals surface area contributed by atoms with Crippen molar-refractivity contribution in [2.45, 2.75) is 32.2 Å². The number of carbonyl (C=O) groups is 1. The quantitative estimate of drug-likeness (QED) is 0.806. The van der Waals surface area contributed by atoms with Crippen LogP contribution in [0, 0.1) is 0 Å². The summed E-state index contributed by atoms with van der Waals surface area (Å²) in [4.78, 5) is 11.5. The standard InChI is InChI=1S/C15H15ClN2O/c16-15(19)14-12-8-4-5-9-13(12)18(17-14)10-11-6-2-1-3-7-11/h1-3,6-7H,4-5,8-10H2. The molecular formula is C15H15ClN2O. The summed E-state index contributed by atoms with van der Waals surface area (Å²) in [6.07, 6.45) is 4.17. The molecule has 0 saturated heterocycles. The van der Waals surface area contributed by atoms with Crippen LogP contribution in [0.15, 0.2) is 30.3 Å². The molecule has 1 aliphatic carbocycles. The van der Waals surface area contributed by atoms with Gasteiger partial charge in [-0.2, -0.15) is 5.10 Å². The molecule has 2 aromatic rings. The molecule has 0 amide bonds. The number of rotatable bonds is 3. The normalized spacial score (nSPS) is 14.2. The smallest absolute Gasteiger partial charge is 0.273 e. The first-order valence-corrected chi connectivity index (χ1v) is 6.96. The highest BCUT2D eigenvalue weighted by Crippen LogP contribution is 2.26. The predicted molar refractivity (Wildman–Crippen MR) is 74.6 cm³/mol. The minimum atomic E-state index is -0.440. The number of halogens is 1. The van der Waals surface area contributed by atoms with Gasteiger partial charge < -0.3 is 0 Å². The summed E-state index contributed by atoms with van der Waals surface area (Å²) < 4.78 is 1.94. The zero-order valence-corrected chi connectivity index (χ0v) is 11.4. The average molecular weight is 275 g/mol. The summed E-state index contributed by atoms with van der Waals surface area (Å²) in [5.41, 5.74) is 3.88. The first-order valence-electron chi connectivity index (χ1n) is 6.58. The Morgan fingerprint density at radius 3 is 2.68 bits per heavy atom. The number of hydrogen-bond acceptors (Lipinski definition) is 2. The summed E-state index contributed by atoms with van der Waals surface area (Å²) >= 11 is 5.64. The van der Waals surface area contributed by atoms with Crippen LogP contribution in [0.1, 0.15) is 40.2 Å². The molecule has 0 fully saturated rings. The SMILES string of the molecule is O=C(Cl)c1nn(Cc2ccccc2)c2c1CCCC2. The van der Waals surface area contributed by atoms with E-state index >= 15 is 0 Å². The van der Waals surface area contributed by atoms with Gasteiger partial charge in [0.2, 0.25) is 0 Å². The van der Waals surface area contributed by atoms with Gasteiger partial charge in [-0.05, 0) is 42.8 Å². The molecule has 0 atom stereocenters. The van der Waals surface area contributed by atoms with E-state index in [2.05, 4.69) is 17.2 Å². The molecule has 98 valence electrons. The van der Waals surface area contributed by atoms with Gasteiger partial charge in [-0.15, -0.1) is 0 Å². The third-order valence-electron chi connectivity index (χ3n) is 3.62. The molecule has 0 saturated carbocycles. The van der Waals surface area contributed by atoms with Crippen molar-refractivity contribution in [2.24, 2.45) is 0 Å². The van der Waals surface area contributed by atoms with Crippen molar-refractivity contribution in [1.29, 1.82) is 0 Å². The van der Waals surface area contributed by atoms with Crippen LogP contribution in [0.2, 0.25) is 0 Å². The van der Waals surface area contributed by atoms with Crippen LogP contribution in [-0.4, -0.2) is 15.0 Å². The minimum absolute atomic E-state index is 0.440. The topological polar surface area (TPSA) is 34.9 Å². The molecule has 0 N–H and O–H groups in total. The fraction of sp³-hybridized carbons (Fsp3) is 0.333. The van der Waals surface area contributed by atoms with Crippen molar-refractivity contribution in [3.8, 4) is 0 Å². The third-order valence-corrected chi connectivity index (χ3v) is 3.80. The zero-order chi connectivity index (χ0) is 13.2. The summed E-state index contributed by atoms with van der Waals surface area (Å²) in [6, 6.07) is 10.2. The Morgan fingerprint density at radius 1 is 1.21 bits per heavy atom. The van der Waals surface area contributed by atoms with Gasteiger partial charge in [-0.25, -0.2) is 0 Å². The molecule has 0 aliphatic heterocycles. The summed E-state index contributed by atoms with van der Waals surface area (Å²) in [7, 11) is 0. The third kappa shape index (κ3) is 2.43. The predicted octanol–water partition coefficient (Wildman–Crippen LogP) is 3.19. The van der Waals surface area contributed by atoms with Crippen LogP contribution >= 0.6 is 11.6 Å². The number of carbonyl (C=O) groups excluding carboxylic acids is 1. The van der Waals surface area contributed by atoms with E-state index in [0.717, 1.165) is 31.2 Å². The van der Waals surface area contributed by atoms with Crippen molar-refractivity contribution in [3.63, 3.8) is 0 Å². The van der Waals surface area contributed by atoms with Crippen LogP contribution in [0.25, 0.3) is 0 Å². The molecule has 0 bridgehead atoms. The number of nitrogens with zero attached hydrogens (tertiary/aromatic N) is 2. The van der Waals surface area contributed by atoms with Gasteiger partial charge in [0.25, 0.3) is 5.24 Å². The molecular weight excluding hydrogens is 260 g/mol. The molecule has 1 aromatic heterocycles. The van der Waals surface area contributed by atoms with Gasteiger partial charge >= 0.3 is 0 Å². The van der Waals surface area contributed by atoms with Crippen LogP contribution in [-0.2, 0) is 19.4 Å². The van der Waals surface area contributed by atoms with Crippen molar-refractivity contribution in [3.05, 3.63) is 52.8 Å². The Kier molecular flexibility index (Phi) is 3.38. The number of benzene rings is 1. The van der Waals surface area contributed by atoms with Crippen LogP contribution < -0.4 is 0 Å². The summed E-state index contributed by atoms with van der Waals surface area (Å²) in [5.74, 6) is 0. The Labute approximate surface area is 117 Å². The van der Waals surface area contributed by atoms with Gasteiger partial charge in [0.05, 0.1) is 6.54 Å². The highest BCUT2D eigenvalue weighted by molar-refractivity contribution is 6.67. The number of aromatic nitrogens is 2. The van der Waals surface area contributed by atoms with E-state index in [9.17, 15) is 4.79 Å². The molecule has 0 radical (unpaired) electrons. The van der Waals surface area contributed by atoms with Crippen molar-refractivity contribution in [2.75, 3.05) is 0 Å². The monoisotopic (exact) mass is 274 g/mol. The van der Waals surface area contributed by atoms with E-state index in [1.165, 1.54) is 11.3 Å². The lowest BCUT2D eigenvalue weighted by Gasteiger charge is -2.14. The minimum Gasteiger partial charge on any atom is -0.274 e. The van der Waals surface area contributed by atoms with Crippen molar-refractivity contribution < 1.29 is 4.79 Å². The lowest BCUT2D eigenvalue weighted by atomic mass is 9.96. The maximum atomic E-state index is 11.5. The lowest BCUT2D eigenvalue weighted by molar-refractivity contribution is 0.107. The van der Waals surface area contributed by atoms with E-state index in [0.29, 0.717) is 12.2 Å². The van der Waals surface area contributed by atoms with E-state index in [1.54, 1.807) is 0 Å². The second-order valence-corrected chi connectivity index (χ2v) is 5.24. The second kappa shape index (κ2) is 5.17. The molecule has 19 heavy (non-hydrogen) atoms. The van der Waals surface area contributed by atoms with Gasteiger partial charge in [0.15, 0.2) is 0 Å². The van der Waals surface area contributed by atoms with E-state index in [-0.39, 0.29) is 0 Å². The number of hydrogen-bond donors (Lipinski definition) is 0. The van der Waals surface area contributed by atoms with Gasteiger partial charge in [-0.3, -0.25) is 9.48 Å². The summed E-state index contributed by atoms with van der Waals surface area (Å²) in [6.45, 7) is 0.702. The molecule has 3 rings (SSSR count). The largest absolute Gasteiger partial charge is 0.274 e. The van der Waals surface area contributed by atoms with E-state index < -0.39 is 5.24 Å². The fourth-order valence-electron chi connectivity index (χ4n) is 2.72. The fourth-order valence-corrected chi connectivity index (χ4v) is 2.87. The molecule has 1 heterocycles. The average Bonchev–Trinajstić information content (AvgIpc) is 2.79. The molecule has 1 aromatic carbocycles. The first kappa shape index (κ1) is 12.4. The number of fused-ring (bicyclic) bond motifs is 1. The van der Waals surface area contributed by atoms with Gasteiger partial charge in [-0.1, -0.05) is 30.3 Å². The molecule has 0 unspecified atom stereocenters. The Morgan fingerprint density at radius 2 is 1.95 bits per heavy atom.